The highest BCUT2D eigenvalue weighted by molar-refractivity contribution is 5.92. The van der Waals surface area contributed by atoms with Crippen molar-refractivity contribution in [1.29, 1.82) is 0 Å². The second-order valence-corrected chi connectivity index (χ2v) is 6.20. The third-order valence-corrected chi connectivity index (χ3v) is 4.55. The van der Waals surface area contributed by atoms with Crippen LogP contribution in [0.2, 0.25) is 0 Å². The van der Waals surface area contributed by atoms with Crippen molar-refractivity contribution >= 4 is 5.91 Å². The van der Waals surface area contributed by atoms with Gasteiger partial charge in [0, 0.05) is 32.0 Å². The number of carbonyl (C=O) groups excluding carboxylic acids is 1. The van der Waals surface area contributed by atoms with E-state index in [0.717, 1.165) is 30.8 Å². The number of H-pyrrole nitrogens is 1. The van der Waals surface area contributed by atoms with E-state index in [1.807, 2.05) is 0 Å². The Morgan fingerprint density at radius 3 is 3.00 bits per heavy atom. The maximum Gasteiger partial charge on any atom is 0.291 e. The number of hydrogen-bond acceptors (Lipinski definition) is 6. The number of ether oxygens (including phenoxy) is 1. The van der Waals surface area contributed by atoms with E-state index >= 15 is 0 Å². The first kappa shape index (κ1) is 14.4. The lowest BCUT2D eigenvalue weighted by Crippen LogP contribution is -2.36. The fraction of sp³-hybridized carbons (Fsp3) is 0.600. The predicted octanol–water partition coefficient (Wildman–Crippen LogP) is 1.31. The quantitative estimate of drug-likeness (QED) is 0.893. The lowest BCUT2D eigenvalue weighted by atomic mass is 10.0. The summed E-state index contributed by atoms with van der Waals surface area (Å²) in [6.45, 7) is 1.14. The van der Waals surface area contributed by atoms with Gasteiger partial charge in [-0.1, -0.05) is 0 Å². The first-order chi connectivity index (χ1) is 11.2. The highest BCUT2D eigenvalue weighted by Gasteiger charge is 2.36. The van der Waals surface area contributed by atoms with Gasteiger partial charge in [0.1, 0.15) is 12.2 Å². The van der Waals surface area contributed by atoms with Crippen LogP contribution in [-0.2, 0) is 4.74 Å². The topological polar surface area (TPSA) is 97.1 Å². The van der Waals surface area contributed by atoms with Gasteiger partial charge in [-0.2, -0.15) is 5.10 Å². The molecule has 0 spiro atoms. The molecular weight excluding hydrogens is 298 g/mol. The van der Waals surface area contributed by atoms with E-state index < -0.39 is 0 Å². The smallest absolute Gasteiger partial charge is 0.291 e. The maximum absolute atomic E-state index is 12.6. The molecule has 0 radical (unpaired) electrons. The molecule has 1 aliphatic carbocycles. The largest absolute Gasteiger partial charge is 0.438 e. The molecule has 1 amide bonds. The molecule has 1 N–H and O–H groups in total. The number of hydrogen-bond donors (Lipinski definition) is 1. The number of amides is 1. The van der Waals surface area contributed by atoms with Crippen molar-refractivity contribution in [3.63, 3.8) is 0 Å². The summed E-state index contributed by atoms with van der Waals surface area (Å²) in [5, 5.41) is 6.80. The lowest BCUT2D eigenvalue weighted by Gasteiger charge is -2.23. The SMILES string of the molecule is CN(C[C@H]1OCC[C@H]1c1ncn[nH]1)C(=O)c1ocnc1C1CC1. The Bertz CT molecular complexity index is 679. The molecule has 2 aromatic rings. The van der Waals surface area contributed by atoms with Crippen LogP contribution in [0.5, 0.6) is 0 Å². The summed E-state index contributed by atoms with van der Waals surface area (Å²) >= 11 is 0. The Hall–Kier alpha value is -2.22. The van der Waals surface area contributed by atoms with Crippen molar-refractivity contribution in [1.82, 2.24) is 25.1 Å². The zero-order valence-electron chi connectivity index (χ0n) is 12.9. The molecule has 2 atom stereocenters. The van der Waals surface area contributed by atoms with Crippen LogP contribution in [0.1, 0.15) is 53.2 Å². The van der Waals surface area contributed by atoms with Gasteiger partial charge >= 0.3 is 0 Å². The third kappa shape index (κ3) is 2.74. The summed E-state index contributed by atoms with van der Waals surface area (Å²) in [7, 11) is 1.76. The zero-order chi connectivity index (χ0) is 15.8. The highest BCUT2D eigenvalue weighted by atomic mass is 16.5. The number of carbonyl (C=O) groups is 1. The van der Waals surface area contributed by atoms with E-state index in [1.165, 1.54) is 12.7 Å². The number of likely N-dealkylation sites (N-methyl/N-ethyl adjacent to an activating group) is 1. The molecule has 2 aliphatic rings. The number of oxazole rings is 1. The summed E-state index contributed by atoms with van der Waals surface area (Å²) in [6, 6.07) is 0. The Kier molecular flexibility index (Phi) is 3.60. The molecule has 1 saturated carbocycles. The second-order valence-electron chi connectivity index (χ2n) is 6.20. The minimum absolute atomic E-state index is 0.0933. The van der Waals surface area contributed by atoms with Crippen LogP contribution in [0.3, 0.4) is 0 Å². The maximum atomic E-state index is 12.6. The monoisotopic (exact) mass is 317 g/mol. The molecule has 2 aromatic heterocycles. The summed E-state index contributed by atoms with van der Waals surface area (Å²) < 4.78 is 11.1. The van der Waals surface area contributed by atoms with Crippen LogP contribution in [0.25, 0.3) is 0 Å². The predicted molar refractivity (Wildman–Crippen MR) is 78.9 cm³/mol. The van der Waals surface area contributed by atoms with Crippen molar-refractivity contribution in [3.05, 3.63) is 30.0 Å². The fourth-order valence-corrected chi connectivity index (χ4v) is 3.12. The molecular formula is C15H19N5O3. The van der Waals surface area contributed by atoms with Crippen LogP contribution in [-0.4, -0.2) is 57.3 Å². The van der Waals surface area contributed by atoms with Crippen LogP contribution in [0, 0.1) is 0 Å². The van der Waals surface area contributed by atoms with Gasteiger partial charge in [0.15, 0.2) is 6.39 Å². The van der Waals surface area contributed by atoms with E-state index in [9.17, 15) is 4.79 Å². The molecule has 122 valence electrons. The van der Waals surface area contributed by atoms with Crippen LogP contribution in [0.4, 0.5) is 0 Å². The van der Waals surface area contributed by atoms with Gasteiger partial charge in [0.05, 0.1) is 11.8 Å². The second kappa shape index (κ2) is 5.77. The van der Waals surface area contributed by atoms with Crippen LogP contribution in [0.15, 0.2) is 17.1 Å². The average molecular weight is 317 g/mol. The number of nitrogens with zero attached hydrogens (tertiary/aromatic N) is 4. The number of nitrogens with one attached hydrogen (secondary N) is 1. The summed E-state index contributed by atoms with van der Waals surface area (Å²) in [6.07, 6.45) is 5.79. The van der Waals surface area contributed by atoms with Gasteiger partial charge in [-0.25, -0.2) is 9.97 Å². The molecule has 0 unspecified atom stereocenters. The van der Waals surface area contributed by atoms with E-state index in [1.54, 1.807) is 11.9 Å². The van der Waals surface area contributed by atoms with Gasteiger partial charge < -0.3 is 14.1 Å². The van der Waals surface area contributed by atoms with E-state index in [0.29, 0.717) is 24.8 Å². The standard InChI is InChI=1S/C15H19N5O3/c1-20(15(21)13-12(9-2-3-9)17-8-23-13)6-11-10(4-5-22-11)14-16-7-18-19-14/h7-11H,2-6H2,1H3,(H,16,18,19)/t10-,11-/m1/s1. The number of rotatable bonds is 5. The Morgan fingerprint density at radius 1 is 1.39 bits per heavy atom. The number of aromatic amines is 1. The minimum Gasteiger partial charge on any atom is -0.438 e. The van der Waals surface area contributed by atoms with Gasteiger partial charge in [-0.05, 0) is 19.3 Å². The van der Waals surface area contributed by atoms with Crippen LogP contribution >= 0.6 is 0 Å². The average Bonchev–Trinajstić information content (AvgIpc) is 3.02. The molecule has 8 heteroatoms. The lowest BCUT2D eigenvalue weighted by molar-refractivity contribution is 0.0527. The van der Waals surface area contributed by atoms with Crippen molar-refractivity contribution in [2.45, 2.75) is 37.2 Å². The third-order valence-electron chi connectivity index (χ3n) is 4.55. The fourth-order valence-electron chi connectivity index (χ4n) is 3.12. The molecule has 0 bridgehead atoms. The van der Waals surface area contributed by atoms with Gasteiger partial charge in [-0.3, -0.25) is 9.89 Å². The van der Waals surface area contributed by atoms with Gasteiger partial charge in [-0.15, -0.1) is 0 Å². The van der Waals surface area contributed by atoms with Crippen molar-refractivity contribution in [2.75, 3.05) is 20.2 Å². The Morgan fingerprint density at radius 2 is 2.26 bits per heavy atom. The first-order valence-corrected chi connectivity index (χ1v) is 7.89. The highest BCUT2D eigenvalue weighted by Crippen LogP contribution is 2.41. The molecule has 0 aromatic carbocycles. The number of aromatic nitrogens is 4. The van der Waals surface area contributed by atoms with E-state index in [2.05, 4.69) is 20.2 Å². The van der Waals surface area contributed by atoms with E-state index in [4.69, 9.17) is 9.15 Å². The normalized spacial score (nSPS) is 24.0. The van der Waals surface area contributed by atoms with Crippen molar-refractivity contribution < 1.29 is 13.9 Å². The van der Waals surface area contributed by atoms with Crippen molar-refractivity contribution in [2.24, 2.45) is 0 Å². The molecule has 8 nitrogen and oxygen atoms in total. The van der Waals surface area contributed by atoms with E-state index in [-0.39, 0.29) is 17.9 Å². The molecule has 3 heterocycles. The van der Waals surface area contributed by atoms with Crippen LogP contribution < -0.4 is 0 Å². The Labute approximate surface area is 133 Å². The molecule has 1 aliphatic heterocycles. The molecule has 4 rings (SSSR count). The molecule has 2 fully saturated rings. The van der Waals surface area contributed by atoms with Gasteiger partial charge in [0.2, 0.25) is 5.76 Å². The zero-order valence-corrected chi connectivity index (χ0v) is 12.9. The molecule has 23 heavy (non-hydrogen) atoms. The Balaban J connectivity index is 1.45. The minimum atomic E-state index is -0.142. The summed E-state index contributed by atoms with van der Waals surface area (Å²) in [5.74, 6) is 1.54. The van der Waals surface area contributed by atoms with Gasteiger partial charge in [0.25, 0.3) is 5.91 Å². The molecule has 1 saturated heterocycles. The first-order valence-electron chi connectivity index (χ1n) is 7.89. The summed E-state index contributed by atoms with van der Waals surface area (Å²) in [4.78, 5) is 22.7. The van der Waals surface area contributed by atoms with Crippen molar-refractivity contribution in [3.8, 4) is 0 Å². The summed E-state index contributed by atoms with van der Waals surface area (Å²) in [5.41, 5.74) is 0.793.